The molecule has 0 amide bonds. The molecule has 2 aromatic carbocycles. The molecule has 3 aromatic rings. The molecule has 0 saturated heterocycles. The van der Waals surface area contributed by atoms with Gasteiger partial charge in [0, 0.05) is 21.1 Å². The molecule has 1 saturated carbocycles. The summed E-state index contributed by atoms with van der Waals surface area (Å²) < 4.78 is 6.39. The van der Waals surface area contributed by atoms with Crippen molar-refractivity contribution in [2.75, 3.05) is 7.11 Å². The van der Waals surface area contributed by atoms with E-state index in [1.54, 1.807) is 0 Å². The van der Waals surface area contributed by atoms with E-state index >= 15 is 0 Å². The average Bonchev–Trinajstić information content (AvgIpc) is 3.32. The van der Waals surface area contributed by atoms with Crippen LogP contribution in [-0.2, 0) is 9.53 Å². The normalized spacial score (nSPS) is 24.0. The molecule has 3 heteroatoms. The Balaban J connectivity index is 1.62. The summed E-state index contributed by atoms with van der Waals surface area (Å²) >= 11 is 1.85. The first kappa shape index (κ1) is 16.8. The smallest absolute Gasteiger partial charge is 0.333 e. The number of allylic oxidation sites excluding steroid dienone is 1. The Morgan fingerprint density at radius 1 is 1.07 bits per heavy atom. The molecule has 3 atom stereocenters. The summed E-state index contributed by atoms with van der Waals surface area (Å²) in [6, 6.07) is 19.6. The van der Waals surface area contributed by atoms with Crippen LogP contribution in [0.5, 0.6) is 0 Å². The minimum atomic E-state index is -0.148. The minimum absolute atomic E-state index is 0.148. The fourth-order valence-corrected chi connectivity index (χ4v) is 6.02. The summed E-state index contributed by atoms with van der Waals surface area (Å²) in [6.45, 7) is 0. The Kier molecular flexibility index (Phi) is 4.13. The van der Waals surface area contributed by atoms with Gasteiger partial charge in [0.25, 0.3) is 0 Å². The van der Waals surface area contributed by atoms with Gasteiger partial charge in [-0.15, -0.1) is 11.3 Å². The number of fused-ring (bicyclic) bond motifs is 3. The van der Waals surface area contributed by atoms with Crippen LogP contribution in [0.4, 0.5) is 0 Å². The number of ether oxygens (including phenoxy) is 1. The maximum absolute atomic E-state index is 12.3. The Morgan fingerprint density at radius 3 is 2.74 bits per heavy atom. The summed E-state index contributed by atoms with van der Waals surface area (Å²) in [5, 5.41) is 1.29. The highest BCUT2D eigenvalue weighted by atomic mass is 32.1. The van der Waals surface area contributed by atoms with Gasteiger partial charge in [0.2, 0.25) is 0 Å². The standard InChI is InChI=1S/C24H22O2S/c1-26-24(25)21-14-20(15-10-11-16(21)12-15)18-7-3-4-8-19(18)23-13-17-6-2-5-9-22(17)27-23/h2-9,13-16,20H,10-12H2,1H3/t15-,16+,20+/m0/s1. The van der Waals surface area contributed by atoms with Crippen LogP contribution in [0.1, 0.15) is 30.7 Å². The molecule has 1 heterocycles. The summed E-state index contributed by atoms with van der Waals surface area (Å²) in [4.78, 5) is 13.6. The Hall–Kier alpha value is -2.39. The minimum Gasteiger partial charge on any atom is -0.466 e. The highest BCUT2D eigenvalue weighted by Crippen LogP contribution is 2.51. The number of rotatable bonds is 3. The van der Waals surface area contributed by atoms with Gasteiger partial charge in [0.15, 0.2) is 0 Å². The van der Waals surface area contributed by atoms with Crippen LogP contribution < -0.4 is 0 Å². The molecule has 5 rings (SSSR count). The molecule has 2 aliphatic carbocycles. The van der Waals surface area contributed by atoms with E-state index in [1.165, 1.54) is 39.6 Å². The van der Waals surface area contributed by atoms with Crippen LogP contribution >= 0.6 is 11.3 Å². The lowest BCUT2D eigenvalue weighted by atomic mass is 9.76. The van der Waals surface area contributed by atoms with Crippen molar-refractivity contribution in [1.29, 1.82) is 0 Å². The van der Waals surface area contributed by atoms with Gasteiger partial charge in [0.1, 0.15) is 0 Å². The largest absolute Gasteiger partial charge is 0.466 e. The second-order valence-corrected chi connectivity index (χ2v) is 8.73. The first-order valence-electron chi connectivity index (χ1n) is 9.62. The predicted molar refractivity (Wildman–Crippen MR) is 111 cm³/mol. The molecular weight excluding hydrogens is 352 g/mol. The monoisotopic (exact) mass is 374 g/mol. The molecule has 0 unspecified atom stereocenters. The second kappa shape index (κ2) is 6.65. The average molecular weight is 375 g/mol. The molecule has 0 N–H and O–H groups in total. The zero-order valence-electron chi connectivity index (χ0n) is 15.4. The van der Waals surface area contributed by atoms with Crippen LogP contribution in [-0.4, -0.2) is 13.1 Å². The van der Waals surface area contributed by atoms with E-state index in [-0.39, 0.29) is 5.97 Å². The zero-order valence-corrected chi connectivity index (χ0v) is 16.2. The molecular formula is C24H22O2S. The van der Waals surface area contributed by atoms with Gasteiger partial charge in [0.05, 0.1) is 7.11 Å². The summed E-state index contributed by atoms with van der Waals surface area (Å²) in [6.07, 6.45) is 5.61. The lowest BCUT2D eigenvalue weighted by Crippen LogP contribution is -2.21. The number of benzene rings is 2. The molecule has 2 bridgehead atoms. The first-order chi connectivity index (χ1) is 13.2. The van der Waals surface area contributed by atoms with Crippen molar-refractivity contribution in [3.05, 3.63) is 71.8 Å². The molecule has 136 valence electrons. The topological polar surface area (TPSA) is 26.3 Å². The number of methoxy groups -OCH3 is 1. The van der Waals surface area contributed by atoms with Crippen molar-refractivity contribution in [2.24, 2.45) is 11.8 Å². The number of esters is 1. The molecule has 1 fully saturated rings. The third kappa shape index (κ3) is 2.81. The van der Waals surface area contributed by atoms with Gasteiger partial charge in [-0.05, 0) is 59.7 Å². The quantitative estimate of drug-likeness (QED) is 0.512. The van der Waals surface area contributed by atoms with E-state index < -0.39 is 0 Å². The van der Waals surface area contributed by atoms with E-state index in [0.717, 1.165) is 18.4 Å². The van der Waals surface area contributed by atoms with Crippen LogP contribution in [0.25, 0.3) is 20.5 Å². The summed E-state index contributed by atoms with van der Waals surface area (Å²) in [5.74, 6) is 1.15. The molecule has 1 aromatic heterocycles. The van der Waals surface area contributed by atoms with Gasteiger partial charge in [-0.2, -0.15) is 0 Å². The van der Waals surface area contributed by atoms with Crippen molar-refractivity contribution in [1.82, 2.24) is 0 Å². The Morgan fingerprint density at radius 2 is 1.89 bits per heavy atom. The van der Waals surface area contributed by atoms with Crippen molar-refractivity contribution in [2.45, 2.75) is 25.2 Å². The third-order valence-electron chi connectivity index (χ3n) is 6.21. The number of hydrogen-bond acceptors (Lipinski definition) is 3. The zero-order chi connectivity index (χ0) is 18.4. The van der Waals surface area contributed by atoms with Gasteiger partial charge in [-0.3, -0.25) is 0 Å². The van der Waals surface area contributed by atoms with E-state index in [2.05, 4.69) is 60.7 Å². The predicted octanol–water partition coefficient (Wildman–Crippen LogP) is 6.18. The fourth-order valence-electron chi connectivity index (χ4n) is 4.91. The molecule has 27 heavy (non-hydrogen) atoms. The van der Waals surface area contributed by atoms with Gasteiger partial charge < -0.3 is 4.74 Å². The summed E-state index contributed by atoms with van der Waals surface area (Å²) in [5.41, 5.74) is 3.53. The van der Waals surface area contributed by atoms with E-state index in [9.17, 15) is 4.79 Å². The SMILES string of the molecule is COC(=O)C1=C[C@@H](c2ccccc2-c2cc3ccccc3s2)[C@H]2CC[C@@H]1C2. The van der Waals surface area contributed by atoms with Gasteiger partial charge >= 0.3 is 5.97 Å². The van der Waals surface area contributed by atoms with Gasteiger partial charge in [-0.1, -0.05) is 48.5 Å². The molecule has 2 aliphatic rings. The first-order valence-corrected chi connectivity index (χ1v) is 10.4. The molecule has 2 nitrogen and oxygen atoms in total. The highest BCUT2D eigenvalue weighted by molar-refractivity contribution is 7.22. The maximum atomic E-state index is 12.3. The Bertz CT molecular complexity index is 1010. The van der Waals surface area contributed by atoms with Crippen LogP contribution in [0.2, 0.25) is 0 Å². The van der Waals surface area contributed by atoms with Crippen LogP contribution in [0.3, 0.4) is 0 Å². The van der Waals surface area contributed by atoms with E-state index in [1.807, 2.05) is 11.3 Å². The highest BCUT2D eigenvalue weighted by Gasteiger charge is 2.40. The van der Waals surface area contributed by atoms with E-state index in [0.29, 0.717) is 17.8 Å². The van der Waals surface area contributed by atoms with Crippen LogP contribution in [0, 0.1) is 11.8 Å². The van der Waals surface area contributed by atoms with Crippen molar-refractivity contribution in [3.8, 4) is 10.4 Å². The number of carbonyl (C=O) groups is 1. The van der Waals surface area contributed by atoms with Gasteiger partial charge in [-0.25, -0.2) is 4.79 Å². The van der Waals surface area contributed by atoms with Crippen molar-refractivity contribution in [3.63, 3.8) is 0 Å². The lowest BCUT2D eigenvalue weighted by Gasteiger charge is -2.28. The molecule has 0 radical (unpaired) electrons. The summed E-state index contributed by atoms with van der Waals surface area (Å²) in [7, 11) is 1.49. The molecule has 0 spiro atoms. The maximum Gasteiger partial charge on any atom is 0.333 e. The molecule has 0 aliphatic heterocycles. The van der Waals surface area contributed by atoms with Crippen molar-refractivity contribution < 1.29 is 9.53 Å². The number of carbonyl (C=O) groups excluding carboxylic acids is 1. The lowest BCUT2D eigenvalue weighted by molar-refractivity contribution is -0.136. The number of thiophene rings is 1. The number of hydrogen-bond donors (Lipinski definition) is 0. The van der Waals surface area contributed by atoms with E-state index in [4.69, 9.17) is 4.74 Å². The Labute approximate surface area is 163 Å². The third-order valence-corrected chi connectivity index (χ3v) is 7.36. The fraction of sp³-hybridized carbons (Fsp3) is 0.292. The van der Waals surface area contributed by atoms with Crippen molar-refractivity contribution >= 4 is 27.4 Å². The second-order valence-electron chi connectivity index (χ2n) is 7.65. The van der Waals surface area contributed by atoms with Crippen LogP contribution in [0.15, 0.2) is 66.2 Å².